The summed E-state index contributed by atoms with van der Waals surface area (Å²) in [6.45, 7) is 5.20. The van der Waals surface area contributed by atoms with E-state index in [-0.39, 0.29) is 12.0 Å². The van der Waals surface area contributed by atoms with E-state index in [1.807, 2.05) is 13.8 Å². The Morgan fingerprint density at radius 3 is 2.75 bits per heavy atom. The van der Waals surface area contributed by atoms with Crippen molar-refractivity contribution in [2.24, 2.45) is 5.92 Å². The number of H-pyrrole nitrogens is 1. The first kappa shape index (κ1) is 14.5. The molecule has 0 bridgehead atoms. The van der Waals surface area contributed by atoms with Crippen molar-refractivity contribution in [3.8, 4) is 0 Å². The van der Waals surface area contributed by atoms with E-state index in [9.17, 15) is 14.4 Å². The first-order valence-corrected chi connectivity index (χ1v) is 6.58. The number of aromatic nitrogens is 2. The average molecular weight is 282 g/mol. The van der Waals surface area contributed by atoms with Gasteiger partial charge in [0.05, 0.1) is 6.10 Å². The van der Waals surface area contributed by atoms with Crippen LogP contribution in [0.5, 0.6) is 0 Å². The van der Waals surface area contributed by atoms with E-state index in [1.165, 1.54) is 23.8 Å². The van der Waals surface area contributed by atoms with E-state index in [0.717, 1.165) is 6.42 Å². The molecule has 1 aromatic heterocycles. The van der Waals surface area contributed by atoms with Crippen molar-refractivity contribution in [3.63, 3.8) is 0 Å². The second-order valence-corrected chi connectivity index (χ2v) is 4.92. The summed E-state index contributed by atoms with van der Waals surface area (Å²) in [6.07, 6.45) is 0.716. The summed E-state index contributed by atoms with van der Waals surface area (Å²) in [7, 11) is 0. The van der Waals surface area contributed by atoms with Gasteiger partial charge in [0.25, 0.3) is 5.56 Å². The van der Waals surface area contributed by atoms with Gasteiger partial charge in [0.1, 0.15) is 0 Å². The molecule has 110 valence electrons. The minimum atomic E-state index is -0.719. The minimum Gasteiger partial charge on any atom is -0.457 e. The molecule has 7 heteroatoms. The molecule has 0 amide bonds. The number of carbonyl (C=O) groups is 1. The quantitative estimate of drug-likeness (QED) is 0.811. The number of nitrogens with zero attached hydrogens (tertiary/aromatic N) is 1. The Bertz CT molecular complexity index is 605. The average Bonchev–Trinajstić information content (AvgIpc) is 2.66. The summed E-state index contributed by atoms with van der Waals surface area (Å²) in [5.74, 6) is -0.461. The van der Waals surface area contributed by atoms with Crippen LogP contribution in [-0.2, 0) is 14.3 Å². The van der Waals surface area contributed by atoms with Crippen LogP contribution in [0.25, 0.3) is 0 Å². The topological polar surface area (TPSA) is 90.4 Å². The smallest absolute Gasteiger partial charge is 0.330 e. The molecule has 20 heavy (non-hydrogen) atoms. The van der Waals surface area contributed by atoms with Crippen molar-refractivity contribution >= 4 is 5.97 Å². The van der Waals surface area contributed by atoms with Crippen LogP contribution in [0.1, 0.15) is 33.4 Å². The lowest BCUT2D eigenvalue weighted by Gasteiger charge is -2.21. The maximum absolute atomic E-state index is 11.8. The molecular weight excluding hydrogens is 264 g/mol. The standard InChI is InChI=1S/C13H18N2O5/c1-4-9-7(2)11(19-8(3)16)12(20-9)15-6-5-10(17)14-13(15)18/h5-7,9,11-12H,4H2,1-3H3,(H,14,17,18)/t7-,9+,11?,12+/m0/s1. The predicted octanol–water partition coefficient (Wildman–Crippen LogP) is 0.412. The first-order valence-electron chi connectivity index (χ1n) is 6.58. The maximum atomic E-state index is 11.8. The van der Waals surface area contributed by atoms with Gasteiger partial charge in [-0.1, -0.05) is 13.8 Å². The second-order valence-electron chi connectivity index (χ2n) is 4.92. The van der Waals surface area contributed by atoms with Crippen LogP contribution in [0.4, 0.5) is 0 Å². The van der Waals surface area contributed by atoms with Crippen molar-refractivity contribution in [2.75, 3.05) is 0 Å². The van der Waals surface area contributed by atoms with Crippen molar-refractivity contribution in [2.45, 2.75) is 45.6 Å². The lowest BCUT2D eigenvalue weighted by atomic mass is 9.98. The zero-order chi connectivity index (χ0) is 14.9. The summed E-state index contributed by atoms with van der Waals surface area (Å²) in [6, 6.07) is 1.24. The molecule has 2 heterocycles. The normalized spacial score (nSPS) is 29.4. The fourth-order valence-corrected chi connectivity index (χ4v) is 2.53. The summed E-state index contributed by atoms with van der Waals surface area (Å²) in [5.41, 5.74) is -1.06. The van der Waals surface area contributed by atoms with E-state index in [4.69, 9.17) is 9.47 Å². The van der Waals surface area contributed by atoms with Crippen molar-refractivity contribution in [1.29, 1.82) is 0 Å². The highest BCUT2D eigenvalue weighted by molar-refractivity contribution is 5.66. The Kier molecular flexibility index (Phi) is 4.08. The van der Waals surface area contributed by atoms with Crippen LogP contribution >= 0.6 is 0 Å². The van der Waals surface area contributed by atoms with E-state index in [2.05, 4.69) is 4.98 Å². The predicted molar refractivity (Wildman–Crippen MR) is 70.2 cm³/mol. The summed E-state index contributed by atoms with van der Waals surface area (Å²) in [5, 5.41) is 0. The van der Waals surface area contributed by atoms with Gasteiger partial charge in [0, 0.05) is 25.1 Å². The Balaban J connectivity index is 2.39. The van der Waals surface area contributed by atoms with Gasteiger partial charge in [-0.3, -0.25) is 19.1 Å². The number of ether oxygens (including phenoxy) is 2. The number of hydrogen-bond donors (Lipinski definition) is 1. The first-order chi connectivity index (χ1) is 9.43. The molecular formula is C13H18N2O5. The molecule has 0 spiro atoms. The summed E-state index contributed by atoms with van der Waals surface area (Å²) in [4.78, 5) is 36.4. The van der Waals surface area contributed by atoms with Crippen molar-refractivity contribution in [3.05, 3.63) is 33.1 Å². The maximum Gasteiger partial charge on any atom is 0.330 e. The third-order valence-electron chi connectivity index (χ3n) is 3.53. The van der Waals surface area contributed by atoms with Gasteiger partial charge in [-0.05, 0) is 6.42 Å². The highest BCUT2D eigenvalue weighted by Gasteiger charge is 2.44. The fourth-order valence-electron chi connectivity index (χ4n) is 2.53. The number of carbonyl (C=O) groups excluding carboxylic acids is 1. The largest absolute Gasteiger partial charge is 0.457 e. The Labute approximate surface area is 115 Å². The molecule has 7 nitrogen and oxygen atoms in total. The molecule has 0 saturated carbocycles. The number of nitrogens with one attached hydrogen (secondary N) is 1. The highest BCUT2D eigenvalue weighted by atomic mass is 16.6. The van der Waals surface area contributed by atoms with Gasteiger partial charge in [0.2, 0.25) is 0 Å². The van der Waals surface area contributed by atoms with Gasteiger partial charge in [-0.15, -0.1) is 0 Å². The summed E-state index contributed by atoms with van der Waals surface area (Å²) < 4.78 is 12.4. The van der Waals surface area contributed by atoms with Crippen molar-refractivity contribution in [1.82, 2.24) is 9.55 Å². The Morgan fingerprint density at radius 2 is 2.20 bits per heavy atom. The number of hydrogen-bond acceptors (Lipinski definition) is 5. The molecule has 0 aliphatic carbocycles. The van der Waals surface area contributed by atoms with Gasteiger partial charge < -0.3 is 9.47 Å². The summed E-state index contributed by atoms with van der Waals surface area (Å²) >= 11 is 0. The molecule has 1 aromatic rings. The van der Waals surface area contributed by atoms with Crippen LogP contribution in [0, 0.1) is 5.92 Å². The van der Waals surface area contributed by atoms with Crippen LogP contribution in [-0.4, -0.2) is 27.7 Å². The molecule has 1 saturated heterocycles. The molecule has 1 unspecified atom stereocenters. The van der Waals surface area contributed by atoms with Crippen molar-refractivity contribution < 1.29 is 14.3 Å². The lowest BCUT2D eigenvalue weighted by Crippen LogP contribution is -2.37. The third-order valence-corrected chi connectivity index (χ3v) is 3.53. The molecule has 1 fully saturated rings. The van der Waals surface area contributed by atoms with Gasteiger partial charge in [0.15, 0.2) is 12.3 Å². The molecule has 4 atom stereocenters. The van der Waals surface area contributed by atoms with Crippen LogP contribution < -0.4 is 11.2 Å². The number of aromatic amines is 1. The van der Waals surface area contributed by atoms with Gasteiger partial charge in [-0.25, -0.2) is 4.79 Å². The zero-order valence-electron chi connectivity index (χ0n) is 11.7. The lowest BCUT2D eigenvalue weighted by molar-refractivity contribution is -0.153. The molecule has 2 rings (SSSR count). The van der Waals surface area contributed by atoms with Gasteiger partial charge in [-0.2, -0.15) is 0 Å². The molecule has 1 aliphatic rings. The number of esters is 1. The fraction of sp³-hybridized carbons (Fsp3) is 0.615. The number of rotatable bonds is 3. The third kappa shape index (κ3) is 2.67. The minimum absolute atomic E-state index is 0.0345. The van der Waals surface area contributed by atoms with E-state index >= 15 is 0 Å². The van der Waals surface area contributed by atoms with Gasteiger partial charge >= 0.3 is 11.7 Å². The Hall–Kier alpha value is -1.89. The van der Waals surface area contributed by atoms with Crippen LogP contribution in [0.3, 0.4) is 0 Å². The van der Waals surface area contributed by atoms with E-state index < -0.39 is 29.6 Å². The SMILES string of the molecule is CC[C@H]1O[C@@H](n2ccc(=O)[nH]c2=O)C(OC(C)=O)[C@H]1C. The highest BCUT2D eigenvalue weighted by Crippen LogP contribution is 2.36. The Morgan fingerprint density at radius 1 is 1.50 bits per heavy atom. The second kappa shape index (κ2) is 5.62. The monoisotopic (exact) mass is 282 g/mol. The molecule has 1 N–H and O–H groups in total. The molecule has 0 aromatic carbocycles. The molecule has 0 radical (unpaired) electrons. The van der Waals surface area contributed by atoms with E-state index in [1.54, 1.807) is 0 Å². The zero-order valence-corrected chi connectivity index (χ0v) is 11.7. The van der Waals surface area contributed by atoms with E-state index in [0.29, 0.717) is 0 Å². The molecule has 1 aliphatic heterocycles. The van der Waals surface area contributed by atoms with Crippen LogP contribution in [0.15, 0.2) is 21.9 Å². The van der Waals surface area contributed by atoms with Crippen LogP contribution in [0.2, 0.25) is 0 Å².